The first-order valence-electron chi connectivity index (χ1n) is 7.38. The van der Waals surface area contributed by atoms with Crippen LogP contribution in [0.4, 0.5) is 0 Å². The van der Waals surface area contributed by atoms with Crippen molar-refractivity contribution >= 4 is 11.3 Å². The van der Waals surface area contributed by atoms with Gasteiger partial charge < -0.3 is 5.32 Å². The van der Waals surface area contributed by atoms with Crippen LogP contribution >= 0.6 is 11.3 Å². The molecule has 0 spiro atoms. The van der Waals surface area contributed by atoms with Gasteiger partial charge in [-0.15, -0.1) is 11.3 Å². The number of nitrogens with zero attached hydrogens (tertiary/aromatic N) is 2. The van der Waals surface area contributed by atoms with E-state index < -0.39 is 0 Å². The summed E-state index contributed by atoms with van der Waals surface area (Å²) in [6.07, 6.45) is 2.41. The zero-order chi connectivity index (χ0) is 14.0. The maximum absolute atomic E-state index is 4.58. The normalized spacial score (nSPS) is 27.2. The second kappa shape index (κ2) is 5.90. The highest BCUT2D eigenvalue weighted by Crippen LogP contribution is 2.31. The lowest BCUT2D eigenvalue weighted by Crippen LogP contribution is -2.48. The molecule has 108 valence electrons. The number of nitrogens with one attached hydrogen (secondary N) is 1. The summed E-state index contributed by atoms with van der Waals surface area (Å²) < 4.78 is 0. The quantitative estimate of drug-likeness (QED) is 0.921. The average Bonchev–Trinajstić information content (AvgIpc) is 2.60. The van der Waals surface area contributed by atoms with Crippen molar-refractivity contribution in [2.75, 3.05) is 19.6 Å². The molecule has 2 heterocycles. The third-order valence-corrected chi connectivity index (χ3v) is 5.62. The maximum Gasteiger partial charge on any atom is 0.0900 e. The molecule has 1 aromatic rings. The van der Waals surface area contributed by atoms with Crippen LogP contribution < -0.4 is 5.32 Å². The van der Waals surface area contributed by atoms with Gasteiger partial charge in [0.05, 0.1) is 10.7 Å². The molecule has 1 saturated heterocycles. The molecule has 1 aliphatic heterocycles. The standard InChI is InChI=1S/C15H27N3S/c1-6-15(5)10-18(9-7-8-16-15)12(3)14-11(2)17-13(4)19-14/h12,16H,6-10H2,1-5H3. The van der Waals surface area contributed by atoms with E-state index in [2.05, 4.69) is 49.8 Å². The second-order valence-corrected chi connectivity index (χ2v) is 7.26. The van der Waals surface area contributed by atoms with Gasteiger partial charge >= 0.3 is 0 Å². The van der Waals surface area contributed by atoms with Gasteiger partial charge in [0.15, 0.2) is 0 Å². The van der Waals surface area contributed by atoms with E-state index in [1.807, 2.05) is 11.3 Å². The Hall–Kier alpha value is -0.450. The monoisotopic (exact) mass is 281 g/mol. The van der Waals surface area contributed by atoms with E-state index in [1.165, 1.54) is 35.0 Å². The van der Waals surface area contributed by atoms with E-state index in [1.54, 1.807) is 0 Å². The first-order chi connectivity index (χ1) is 8.95. The van der Waals surface area contributed by atoms with Gasteiger partial charge in [0.1, 0.15) is 0 Å². The first kappa shape index (κ1) is 14.9. The summed E-state index contributed by atoms with van der Waals surface area (Å²) in [5, 5.41) is 4.90. The topological polar surface area (TPSA) is 28.2 Å². The Kier molecular flexibility index (Phi) is 4.64. The number of hydrogen-bond acceptors (Lipinski definition) is 4. The number of rotatable bonds is 3. The van der Waals surface area contributed by atoms with Crippen LogP contribution in [0.15, 0.2) is 0 Å². The molecular weight excluding hydrogens is 254 g/mol. The van der Waals surface area contributed by atoms with Gasteiger partial charge in [0.25, 0.3) is 0 Å². The van der Waals surface area contributed by atoms with Crippen molar-refractivity contribution in [3.63, 3.8) is 0 Å². The minimum Gasteiger partial charge on any atom is -0.310 e. The Labute approximate surface area is 121 Å². The van der Waals surface area contributed by atoms with Crippen molar-refractivity contribution in [1.29, 1.82) is 0 Å². The van der Waals surface area contributed by atoms with E-state index in [0.29, 0.717) is 6.04 Å². The summed E-state index contributed by atoms with van der Waals surface area (Å²) in [4.78, 5) is 8.65. The maximum atomic E-state index is 4.58. The van der Waals surface area contributed by atoms with Gasteiger partial charge in [0.2, 0.25) is 0 Å². The molecule has 1 aromatic heterocycles. The molecule has 0 aliphatic carbocycles. The van der Waals surface area contributed by atoms with Crippen molar-refractivity contribution in [2.24, 2.45) is 0 Å². The fourth-order valence-electron chi connectivity index (χ4n) is 2.92. The summed E-state index contributed by atoms with van der Waals surface area (Å²) in [7, 11) is 0. The number of aryl methyl sites for hydroxylation is 2. The fourth-order valence-corrected chi connectivity index (χ4v) is 3.94. The lowest BCUT2D eigenvalue weighted by atomic mass is 9.98. The van der Waals surface area contributed by atoms with Crippen LogP contribution in [-0.4, -0.2) is 35.1 Å². The Bertz CT molecular complexity index is 429. The first-order valence-corrected chi connectivity index (χ1v) is 8.20. The number of aromatic nitrogens is 1. The zero-order valence-corrected chi connectivity index (χ0v) is 13.7. The fraction of sp³-hybridized carbons (Fsp3) is 0.800. The highest BCUT2D eigenvalue weighted by Gasteiger charge is 2.30. The average molecular weight is 281 g/mol. The van der Waals surface area contributed by atoms with Crippen molar-refractivity contribution in [2.45, 2.75) is 59.0 Å². The SMILES string of the molecule is CCC1(C)CN(C(C)c2sc(C)nc2C)CCCN1. The van der Waals surface area contributed by atoms with Crippen LogP contribution in [0.25, 0.3) is 0 Å². The van der Waals surface area contributed by atoms with E-state index in [-0.39, 0.29) is 5.54 Å². The lowest BCUT2D eigenvalue weighted by Gasteiger charge is -2.35. The molecule has 0 amide bonds. The lowest BCUT2D eigenvalue weighted by molar-refractivity contribution is 0.171. The number of thiazole rings is 1. The van der Waals surface area contributed by atoms with E-state index in [0.717, 1.165) is 13.1 Å². The van der Waals surface area contributed by atoms with Crippen molar-refractivity contribution in [1.82, 2.24) is 15.2 Å². The molecule has 2 unspecified atom stereocenters. The third-order valence-electron chi connectivity index (χ3n) is 4.37. The van der Waals surface area contributed by atoms with Gasteiger partial charge in [-0.1, -0.05) is 6.92 Å². The van der Waals surface area contributed by atoms with E-state index >= 15 is 0 Å². The predicted octanol–water partition coefficient (Wildman–Crippen LogP) is 3.28. The van der Waals surface area contributed by atoms with Crippen LogP contribution in [0.5, 0.6) is 0 Å². The molecule has 0 radical (unpaired) electrons. The van der Waals surface area contributed by atoms with E-state index in [4.69, 9.17) is 0 Å². The van der Waals surface area contributed by atoms with Crippen LogP contribution in [0.3, 0.4) is 0 Å². The van der Waals surface area contributed by atoms with Crippen LogP contribution in [0.1, 0.15) is 55.2 Å². The van der Waals surface area contributed by atoms with Crippen molar-refractivity contribution < 1.29 is 0 Å². The molecule has 4 heteroatoms. The molecule has 1 aliphatic rings. The summed E-state index contributed by atoms with van der Waals surface area (Å²) >= 11 is 1.86. The van der Waals surface area contributed by atoms with Crippen LogP contribution in [0.2, 0.25) is 0 Å². The Morgan fingerprint density at radius 1 is 1.47 bits per heavy atom. The van der Waals surface area contributed by atoms with Crippen molar-refractivity contribution in [3.05, 3.63) is 15.6 Å². The molecule has 2 atom stereocenters. The molecule has 1 N–H and O–H groups in total. The van der Waals surface area contributed by atoms with Crippen LogP contribution in [-0.2, 0) is 0 Å². The largest absolute Gasteiger partial charge is 0.310 e. The minimum atomic E-state index is 0.248. The summed E-state index contributed by atoms with van der Waals surface area (Å²) in [6, 6.07) is 0.483. The minimum absolute atomic E-state index is 0.248. The second-order valence-electron chi connectivity index (χ2n) is 6.02. The molecule has 1 fully saturated rings. The molecule has 2 rings (SSSR count). The molecule has 0 bridgehead atoms. The highest BCUT2D eigenvalue weighted by molar-refractivity contribution is 7.11. The van der Waals surface area contributed by atoms with Gasteiger partial charge in [-0.25, -0.2) is 4.98 Å². The van der Waals surface area contributed by atoms with Crippen LogP contribution in [0, 0.1) is 13.8 Å². The Morgan fingerprint density at radius 3 is 2.79 bits per heavy atom. The highest BCUT2D eigenvalue weighted by atomic mass is 32.1. The van der Waals surface area contributed by atoms with Gasteiger partial charge in [-0.2, -0.15) is 0 Å². The smallest absolute Gasteiger partial charge is 0.0900 e. The third kappa shape index (κ3) is 3.36. The molecule has 3 nitrogen and oxygen atoms in total. The van der Waals surface area contributed by atoms with E-state index in [9.17, 15) is 0 Å². The molecular formula is C15H27N3S. The van der Waals surface area contributed by atoms with Crippen molar-refractivity contribution in [3.8, 4) is 0 Å². The molecule has 19 heavy (non-hydrogen) atoms. The molecule has 0 aromatic carbocycles. The predicted molar refractivity (Wildman–Crippen MR) is 82.9 cm³/mol. The summed E-state index contributed by atoms with van der Waals surface area (Å²) in [5.74, 6) is 0. The summed E-state index contributed by atoms with van der Waals surface area (Å²) in [5.41, 5.74) is 1.46. The van der Waals surface area contributed by atoms with Gasteiger partial charge in [-0.05, 0) is 47.1 Å². The molecule has 0 saturated carbocycles. The number of hydrogen-bond donors (Lipinski definition) is 1. The van der Waals surface area contributed by atoms with Gasteiger partial charge in [0, 0.05) is 29.5 Å². The van der Waals surface area contributed by atoms with Gasteiger partial charge in [-0.3, -0.25) is 4.90 Å². The summed E-state index contributed by atoms with van der Waals surface area (Å²) in [6.45, 7) is 14.7. The Balaban J connectivity index is 2.17. The zero-order valence-electron chi connectivity index (χ0n) is 12.9. The Morgan fingerprint density at radius 2 is 2.21 bits per heavy atom.